The summed E-state index contributed by atoms with van der Waals surface area (Å²) < 4.78 is 5.57. The zero-order valence-corrected chi connectivity index (χ0v) is 16.0. The lowest BCUT2D eigenvalue weighted by atomic mass is 9.86. The van der Waals surface area contributed by atoms with Crippen LogP contribution in [0, 0.1) is 0 Å². The highest BCUT2D eigenvalue weighted by Crippen LogP contribution is 2.23. The Labute approximate surface area is 146 Å². The maximum atomic E-state index is 12.5. The van der Waals surface area contributed by atoms with Crippen molar-refractivity contribution in [2.45, 2.75) is 65.0 Å². The van der Waals surface area contributed by atoms with Crippen molar-refractivity contribution in [2.24, 2.45) is 0 Å². The van der Waals surface area contributed by atoms with Gasteiger partial charge >= 0.3 is 6.09 Å². The number of piperazine rings is 1. The van der Waals surface area contributed by atoms with Crippen molar-refractivity contribution in [3.63, 3.8) is 0 Å². The largest absolute Gasteiger partial charge is 0.444 e. The van der Waals surface area contributed by atoms with Gasteiger partial charge in [-0.1, -0.05) is 45.0 Å². The second-order valence-corrected chi connectivity index (χ2v) is 8.68. The summed E-state index contributed by atoms with van der Waals surface area (Å²) in [6.07, 6.45) is 0.636. The second-order valence-electron chi connectivity index (χ2n) is 8.68. The maximum Gasteiger partial charge on any atom is 0.410 e. The van der Waals surface area contributed by atoms with E-state index in [9.17, 15) is 4.79 Å². The molecule has 2 rings (SSSR count). The van der Waals surface area contributed by atoms with Crippen LogP contribution in [0.5, 0.6) is 0 Å². The average Bonchev–Trinajstić information content (AvgIpc) is 2.45. The summed E-state index contributed by atoms with van der Waals surface area (Å²) in [6.45, 7) is 14.7. The van der Waals surface area contributed by atoms with E-state index in [0.29, 0.717) is 6.54 Å². The van der Waals surface area contributed by atoms with E-state index in [2.05, 4.69) is 50.4 Å². The van der Waals surface area contributed by atoms with Crippen LogP contribution in [0.2, 0.25) is 0 Å². The Morgan fingerprint density at radius 3 is 2.33 bits per heavy atom. The van der Waals surface area contributed by atoms with Gasteiger partial charge in [0.2, 0.25) is 0 Å². The lowest BCUT2D eigenvalue weighted by molar-refractivity contribution is 0.0122. The monoisotopic (exact) mass is 332 g/mol. The highest BCUT2D eigenvalue weighted by atomic mass is 16.6. The highest BCUT2D eigenvalue weighted by Gasteiger charge is 2.30. The Morgan fingerprint density at radius 2 is 1.79 bits per heavy atom. The van der Waals surface area contributed by atoms with Crippen LogP contribution in [0.3, 0.4) is 0 Å². The molecule has 1 aliphatic heterocycles. The number of carbonyl (C=O) groups excluding carboxylic acids is 1. The summed E-state index contributed by atoms with van der Waals surface area (Å²) in [7, 11) is 0. The van der Waals surface area contributed by atoms with Crippen LogP contribution >= 0.6 is 0 Å². The fourth-order valence-corrected chi connectivity index (χ4v) is 2.92. The minimum atomic E-state index is -0.457. The molecule has 0 aliphatic carbocycles. The smallest absolute Gasteiger partial charge is 0.410 e. The molecule has 134 valence electrons. The van der Waals surface area contributed by atoms with E-state index in [-0.39, 0.29) is 17.6 Å². The van der Waals surface area contributed by atoms with Crippen molar-refractivity contribution in [3.8, 4) is 0 Å². The molecular formula is C20H32N2O2. The van der Waals surface area contributed by atoms with Crippen LogP contribution in [0.1, 0.15) is 52.7 Å². The molecule has 4 nitrogen and oxygen atoms in total. The number of hydrogen-bond acceptors (Lipinski definition) is 3. The van der Waals surface area contributed by atoms with Gasteiger partial charge in [0.1, 0.15) is 5.60 Å². The highest BCUT2D eigenvalue weighted by molar-refractivity contribution is 5.68. The van der Waals surface area contributed by atoms with Crippen LogP contribution in [-0.4, -0.2) is 42.3 Å². The van der Waals surface area contributed by atoms with Gasteiger partial charge < -0.3 is 15.0 Å². The fourth-order valence-electron chi connectivity index (χ4n) is 2.92. The van der Waals surface area contributed by atoms with Crippen molar-refractivity contribution in [3.05, 3.63) is 35.4 Å². The Balaban J connectivity index is 2.07. The van der Waals surface area contributed by atoms with Crippen LogP contribution in [-0.2, 0) is 16.6 Å². The van der Waals surface area contributed by atoms with Gasteiger partial charge in [0.05, 0.1) is 6.04 Å². The number of amides is 1. The second kappa shape index (κ2) is 7.14. The molecule has 4 heteroatoms. The predicted molar refractivity (Wildman–Crippen MR) is 98.4 cm³/mol. The third kappa shape index (κ3) is 5.23. The van der Waals surface area contributed by atoms with Crippen molar-refractivity contribution in [1.29, 1.82) is 0 Å². The predicted octanol–water partition coefficient (Wildman–Crippen LogP) is 3.74. The van der Waals surface area contributed by atoms with Gasteiger partial charge in [0.15, 0.2) is 0 Å². The number of carbonyl (C=O) groups is 1. The van der Waals surface area contributed by atoms with Crippen LogP contribution < -0.4 is 5.32 Å². The number of nitrogens with zero attached hydrogens (tertiary/aromatic N) is 1. The molecule has 1 saturated heterocycles. The lowest BCUT2D eigenvalue weighted by Gasteiger charge is -2.37. The summed E-state index contributed by atoms with van der Waals surface area (Å²) in [5.74, 6) is 0. The minimum absolute atomic E-state index is 0.133. The zero-order chi connectivity index (χ0) is 18.0. The van der Waals surface area contributed by atoms with E-state index >= 15 is 0 Å². The molecule has 1 heterocycles. The SMILES string of the molecule is CC(C)(C)OC(=O)N1CCNCC1Cc1ccc(C(C)(C)C)cc1. The molecule has 0 saturated carbocycles. The number of rotatable bonds is 2. The topological polar surface area (TPSA) is 41.6 Å². The van der Waals surface area contributed by atoms with Crippen LogP contribution in [0.15, 0.2) is 24.3 Å². The summed E-state index contributed by atoms with van der Waals surface area (Å²) in [5, 5.41) is 3.39. The Morgan fingerprint density at radius 1 is 1.17 bits per heavy atom. The number of nitrogens with one attached hydrogen (secondary N) is 1. The van der Waals surface area contributed by atoms with Gasteiger partial charge in [-0.3, -0.25) is 0 Å². The zero-order valence-electron chi connectivity index (χ0n) is 16.0. The summed E-state index contributed by atoms with van der Waals surface area (Å²) >= 11 is 0. The van der Waals surface area contributed by atoms with E-state index in [1.54, 1.807) is 0 Å². The van der Waals surface area contributed by atoms with E-state index in [1.807, 2.05) is 25.7 Å². The normalized spacial score (nSPS) is 19.2. The number of ether oxygens (including phenoxy) is 1. The standard InChI is InChI=1S/C20H32N2O2/c1-19(2,3)16-9-7-15(8-10-16)13-17-14-21-11-12-22(17)18(23)24-20(4,5)6/h7-10,17,21H,11-14H2,1-6H3. The number of hydrogen-bond donors (Lipinski definition) is 1. The van der Waals surface area contributed by atoms with Gasteiger partial charge in [-0.05, 0) is 43.7 Å². The molecule has 1 aromatic rings. The lowest BCUT2D eigenvalue weighted by Crippen LogP contribution is -2.55. The van der Waals surface area contributed by atoms with E-state index < -0.39 is 5.60 Å². The quantitative estimate of drug-likeness (QED) is 0.897. The molecule has 1 aromatic carbocycles. The van der Waals surface area contributed by atoms with Crippen molar-refractivity contribution in [1.82, 2.24) is 10.2 Å². The molecule has 1 N–H and O–H groups in total. The van der Waals surface area contributed by atoms with E-state index in [0.717, 1.165) is 19.5 Å². The molecule has 0 radical (unpaired) electrons. The number of benzene rings is 1. The molecular weight excluding hydrogens is 300 g/mol. The van der Waals surface area contributed by atoms with Crippen molar-refractivity contribution in [2.75, 3.05) is 19.6 Å². The fraction of sp³-hybridized carbons (Fsp3) is 0.650. The van der Waals surface area contributed by atoms with Crippen LogP contribution in [0.25, 0.3) is 0 Å². The first-order valence-electron chi connectivity index (χ1n) is 8.86. The molecule has 1 amide bonds. The van der Waals surface area contributed by atoms with Crippen molar-refractivity contribution >= 4 is 6.09 Å². The van der Waals surface area contributed by atoms with Crippen molar-refractivity contribution < 1.29 is 9.53 Å². The van der Waals surface area contributed by atoms with Gasteiger partial charge in [-0.15, -0.1) is 0 Å². The van der Waals surface area contributed by atoms with Gasteiger partial charge in [-0.2, -0.15) is 0 Å². The molecule has 0 aromatic heterocycles. The molecule has 1 unspecified atom stereocenters. The van der Waals surface area contributed by atoms with E-state index in [4.69, 9.17) is 4.74 Å². The van der Waals surface area contributed by atoms with Gasteiger partial charge in [0.25, 0.3) is 0 Å². The molecule has 24 heavy (non-hydrogen) atoms. The summed E-state index contributed by atoms with van der Waals surface area (Å²) in [4.78, 5) is 14.4. The first kappa shape index (κ1) is 18.8. The summed E-state index contributed by atoms with van der Waals surface area (Å²) in [5.41, 5.74) is 2.29. The maximum absolute atomic E-state index is 12.5. The van der Waals surface area contributed by atoms with Gasteiger partial charge in [-0.25, -0.2) is 4.79 Å². The first-order chi connectivity index (χ1) is 11.1. The Kier molecular flexibility index (Phi) is 5.59. The Hall–Kier alpha value is -1.55. The molecule has 0 spiro atoms. The van der Waals surface area contributed by atoms with E-state index in [1.165, 1.54) is 11.1 Å². The average molecular weight is 332 g/mol. The third-order valence-corrected chi connectivity index (χ3v) is 4.27. The van der Waals surface area contributed by atoms with Crippen LogP contribution in [0.4, 0.5) is 4.79 Å². The molecule has 1 fully saturated rings. The minimum Gasteiger partial charge on any atom is -0.444 e. The summed E-state index contributed by atoms with van der Waals surface area (Å²) in [6, 6.07) is 8.90. The molecule has 0 bridgehead atoms. The molecule has 1 atom stereocenters. The molecule has 1 aliphatic rings. The Bertz CT molecular complexity index is 552. The van der Waals surface area contributed by atoms with Gasteiger partial charge in [0, 0.05) is 19.6 Å². The first-order valence-corrected chi connectivity index (χ1v) is 8.86. The third-order valence-electron chi connectivity index (χ3n) is 4.27.